The first kappa shape index (κ1) is 35.7. The van der Waals surface area contributed by atoms with Gasteiger partial charge in [-0.3, -0.25) is 0 Å². The Hall–Kier alpha value is -6.61. The van der Waals surface area contributed by atoms with Crippen LogP contribution in [0.15, 0.2) is 158 Å². The quantitative estimate of drug-likeness (QED) is 0.104. The number of hydrogen-bond donors (Lipinski definition) is 3. The molecule has 6 rings (SSSR count). The maximum Gasteiger partial charge on any atom is 0.404 e. The van der Waals surface area contributed by atoms with Crippen LogP contribution in [0.5, 0.6) is 46.0 Å². The van der Waals surface area contributed by atoms with Crippen molar-refractivity contribution in [3.63, 3.8) is 0 Å². The molecule has 0 aliphatic carbocycles. The van der Waals surface area contributed by atoms with Crippen LogP contribution >= 0.6 is 0 Å². The molecule has 9 nitrogen and oxygen atoms in total. The van der Waals surface area contributed by atoms with Crippen molar-refractivity contribution in [2.24, 2.45) is 0 Å². The molecule has 0 radical (unpaired) electrons. The molecule has 1 amide bonds. The second-order valence-corrected chi connectivity index (χ2v) is 11.3. The van der Waals surface area contributed by atoms with Gasteiger partial charge in [-0.15, -0.1) is 0 Å². The fourth-order valence-electron chi connectivity index (χ4n) is 4.55. The fourth-order valence-corrected chi connectivity index (χ4v) is 4.55. The summed E-state index contributed by atoms with van der Waals surface area (Å²) in [5, 5.41) is 20.2. The zero-order valence-corrected chi connectivity index (χ0v) is 28.1. The number of ether oxygens (including phenoxy) is 5. The molecule has 0 bridgehead atoms. The number of phenols is 1. The number of carbonyl (C=O) groups is 1. The van der Waals surface area contributed by atoms with Gasteiger partial charge in [0.25, 0.3) is 0 Å². The smallest absolute Gasteiger partial charge is 0.404 e. The summed E-state index contributed by atoms with van der Waals surface area (Å²) in [7, 11) is 0. The third-order valence-corrected chi connectivity index (χ3v) is 7.15. The second kappa shape index (κ2) is 18.8. The van der Waals surface area contributed by atoms with Gasteiger partial charge in [0.15, 0.2) is 0 Å². The van der Waals surface area contributed by atoms with E-state index in [1.165, 1.54) is 0 Å². The van der Waals surface area contributed by atoms with Gasteiger partial charge >= 0.3 is 6.09 Å². The average molecular weight is 686 g/mol. The van der Waals surface area contributed by atoms with Gasteiger partial charge in [0.2, 0.25) is 0 Å². The van der Waals surface area contributed by atoms with Gasteiger partial charge in [0.1, 0.15) is 65.8 Å². The van der Waals surface area contributed by atoms with Crippen LogP contribution in [0.3, 0.4) is 0 Å². The van der Waals surface area contributed by atoms with Crippen LogP contribution in [0.2, 0.25) is 0 Å². The number of aromatic hydroxyl groups is 1. The molecule has 0 heterocycles. The minimum atomic E-state index is -1.07. The Morgan fingerprint density at radius 1 is 0.510 bits per heavy atom. The number of benzene rings is 6. The van der Waals surface area contributed by atoms with E-state index in [9.17, 15) is 9.90 Å². The summed E-state index contributed by atoms with van der Waals surface area (Å²) in [5.74, 6) is 5.19. The zero-order chi connectivity index (χ0) is 35.7. The van der Waals surface area contributed by atoms with E-state index in [4.69, 9.17) is 28.8 Å². The zero-order valence-electron chi connectivity index (χ0n) is 28.1. The molecule has 0 fully saturated rings. The van der Waals surface area contributed by atoms with Gasteiger partial charge in [-0.25, -0.2) is 4.79 Å². The largest absolute Gasteiger partial charge is 0.508 e. The summed E-state index contributed by atoms with van der Waals surface area (Å²) in [4.78, 5) is 10.6. The normalized spacial score (nSPS) is 10.8. The molecule has 0 aromatic heterocycles. The maximum absolute atomic E-state index is 10.6. The molecule has 6 aromatic rings. The number of carboxylic acid groups (broad SMARTS) is 1. The Kier molecular flexibility index (Phi) is 13.2. The van der Waals surface area contributed by atoms with E-state index in [0.717, 1.165) is 28.4 Å². The number of rotatable bonds is 14. The Morgan fingerprint density at radius 2 is 0.843 bits per heavy atom. The molecule has 260 valence electrons. The summed E-state index contributed by atoms with van der Waals surface area (Å²) < 4.78 is 28.6. The van der Waals surface area contributed by atoms with Crippen LogP contribution < -0.4 is 29.0 Å². The molecule has 0 spiro atoms. The summed E-state index contributed by atoms with van der Waals surface area (Å²) in [5.41, 5.74) is 2.25. The van der Waals surface area contributed by atoms with E-state index in [2.05, 4.69) is 5.32 Å². The molecule has 3 N–H and O–H groups in total. The fraction of sp³-hybridized carbons (Fsp3) is 0.119. The van der Waals surface area contributed by atoms with Crippen LogP contribution in [0.25, 0.3) is 0 Å². The average Bonchev–Trinajstić information content (AvgIpc) is 3.16. The number of phenolic OH excluding ortho intramolecular Hbond substituents is 1. The highest BCUT2D eigenvalue weighted by molar-refractivity contribution is 5.64. The standard InChI is InChI=1S/C23H23NO5.C19H16O3/c1-17(24-23(25)26)15-27-19-7-11-21(12-8-19)29-22-13-9-20(10-14-22)28-16-18-5-3-2-4-6-18;20-16-6-8-18(9-7-16)22-19-12-10-17(11-13-19)21-14-15-4-2-1-3-5-15/h2-14,17,24H,15-16H2,1H3,(H,25,26);1-13,20H,14H2. The lowest BCUT2D eigenvalue weighted by molar-refractivity contribution is 0.183. The topological polar surface area (TPSA) is 116 Å². The van der Waals surface area contributed by atoms with Crippen molar-refractivity contribution in [2.45, 2.75) is 26.2 Å². The van der Waals surface area contributed by atoms with Crippen LogP contribution in [0, 0.1) is 0 Å². The van der Waals surface area contributed by atoms with Gasteiger partial charge in [0, 0.05) is 0 Å². The summed E-state index contributed by atoms with van der Waals surface area (Å²) in [6.45, 7) is 3.04. The predicted molar refractivity (Wildman–Crippen MR) is 195 cm³/mol. The maximum atomic E-state index is 10.6. The number of hydrogen-bond acceptors (Lipinski definition) is 7. The molecule has 9 heteroatoms. The molecule has 0 saturated carbocycles. The molecule has 0 aliphatic heterocycles. The van der Waals surface area contributed by atoms with E-state index in [1.807, 2.05) is 109 Å². The van der Waals surface area contributed by atoms with Gasteiger partial charge in [-0.05, 0) is 115 Å². The van der Waals surface area contributed by atoms with Crippen molar-refractivity contribution in [3.8, 4) is 46.0 Å². The minimum Gasteiger partial charge on any atom is -0.508 e. The van der Waals surface area contributed by atoms with Crippen molar-refractivity contribution in [2.75, 3.05) is 6.61 Å². The number of amides is 1. The molecule has 51 heavy (non-hydrogen) atoms. The lowest BCUT2D eigenvalue weighted by Crippen LogP contribution is -2.35. The molecule has 1 atom stereocenters. The van der Waals surface area contributed by atoms with E-state index in [-0.39, 0.29) is 18.4 Å². The van der Waals surface area contributed by atoms with Crippen LogP contribution in [0.1, 0.15) is 18.1 Å². The SMILES string of the molecule is CC(COc1ccc(Oc2ccc(OCc3ccccc3)cc2)cc1)NC(=O)O.Oc1ccc(Oc2ccc(OCc3ccccc3)cc2)cc1. The van der Waals surface area contributed by atoms with Gasteiger partial charge in [-0.1, -0.05) is 60.7 Å². The van der Waals surface area contributed by atoms with Crippen molar-refractivity contribution >= 4 is 6.09 Å². The van der Waals surface area contributed by atoms with Crippen molar-refractivity contribution in [1.29, 1.82) is 0 Å². The Labute approximate surface area is 297 Å². The van der Waals surface area contributed by atoms with E-state index in [0.29, 0.717) is 36.2 Å². The van der Waals surface area contributed by atoms with E-state index < -0.39 is 6.09 Å². The molecular formula is C42H39NO8. The van der Waals surface area contributed by atoms with Crippen molar-refractivity contribution < 1.29 is 38.7 Å². The Morgan fingerprint density at radius 3 is 1.22 bits per heavy atom. The molecule has 6 aromatic carbocycles. The minimum absolute atomic E-state index is 0.219. The third-order valence-electron chi connectivity index (χ3n) is 7.15. The third kappa shape index (κ3) is 12.7. The highest BCUT2D eigenvalue weighted by Crippen LogP contribution is 2.27. The first-order valence-electron chi connectivity index (χ1n) is 16.3. The predicted octanol–water partition coefficient (Wildman–Crippen LogP) is 9.86. The van der Waals surface area contributed by atoms with Gasteiger partial charge < -0.3 is 39.2 Å². The Bertz CT molecular complexity index is 1880. The van der Waals surface area contributed by atoms with E-state index >= 15 is 0 Å². The summed E-state index contributed by atoms with van der Waals surface area (Å²) >= 11 is 0. The van der Waals surface area contributed by atoms with Crippen molar-refractivity contribution in [3.05, 3.63) is 169 Å². The highest BCUT2D eigenvalue weighted by atomic mass is 16.5. The first-order chi connectivity index (χ1) is 24.9. The van der Waals surface area contributed by atoms with Gasteiger partial charge in [0.05, 0.1) is 6.04 Å². The van der Waals surface area contributed by atoms with Crippen LogP contribution in [-0.4, -0.2) is 29.0 Å². The second-order valence-electron chi connectivity index (χ2n) is 11.3. The highest BCUT2D eigenvalue weighted by Gasteiger charge is 2.07. The first-order valence-corrected chi connectivity index (χ1v) is 16.3. The van der Waals surface area contributed by atoms with Crippen LogP contribution in [-0.2, 0) is 13.2 Å². The monoisotopic (exact) mass is 685 g/mol. The molecule has 0 saturated heterocycles. The molecule has 1 unspecified atom stereocenters. The van der Waals surface area contributed by atoms with Gasteiger partial charge in [-0.2, -0.15) is 0 Å². The number of nitrogens with one attached hydrogen (secondary N) is 1. The summed E-state index contributed by atoms with van der Waals surface area (Å²) in [6, 6.07) is 48.4. The summed E-state index contributed by atoms with van der Waals surface area (Å²) in [6.07, 6.45) is -1.07. The molecular weight excluding hydrogens is 646 g/mol. The lowest BCUT2D eigenvalue weighted by atomic mass is 10.2. The Balaban J connectivity index is 0.000000205. The van der Waals surface area contributed by atoms with Crippen molar-refractivity contribution in [1.82, 2.24) is 5.32 Å². The molecule has 0 aliphatic rings. The lowest BCUT2D eigenvalue weighted by Gasteiger charge is -2.13. The van der Waals surface area contributed by atoms with E-state index in [1.54, 1.807) is 55.5 Å². The van der Waals surface area contributed by atoms with Crippen LogP contribution in [0.4, 0.5) is 4.79 Å².